The lowest BCUT2D eigenvalue weighted by molar-refractivity contribution is -0.118. The highest BCUT2D eigenvalue weighted by molar-refractivity contribution is 5.94. The number of nitrogens with one attached hydrogen (secondary N) is 1. The zero-order valence-corrected chi connectivity index (χ0v) is 17.3. The van der Waals surface area contributed by atoms with Gasteiger partial charge in [-0.05, 0) is 53.9 Å². The number of hydrogen-bond donors (Lipinski definition) is 1. The molecule has 0 bridgehead atoms. The zero-order valence-electron chi connectivity index (χ0n) is 17.3. The van der Waals surface area contributed by atoms with Crippen molar-refractivity contribution in [2.45, 2.75) is 13.0 Å². The van der Waals surface area contributed by atoms with Crippen LogP contribution in [0, 0.1) is 0 Å². The number of nitrogens with zero attached hydrogens (tertiary/aromatic N) is 1. The van der Waals surface area contributed by atoms with E-state index in [1.165, 1.54) is 5.56 Å². The van der Waals surface area contributed by atoms with Crippen LogP contribution in [0.5, 0.6) is 11.5 Å². The second-order valence-electron chi connectivity index (χ2n) is 7.31. The molecular formula is C25H24N2O4. The van der Waals surface area contributed by atoms with Crippen molar-refractivity contribution in [1.29, 1.82) is 0 Å². The van der Waals surface area contributed by atoms with E-state index in [1.54, 1.807) is 19.2 Å². The van der Waals surface area contributed by atoms with E-state index in [4.69, 9.17) is 9.47 Å². The van der Waals surface area contributed by atoms with Crippen LogP contribution in [0.15, 0.2) is 72.8 Å². The van der Waals surface area contributed by atoms with Gasteiger partial charge in [-0.3, -0.25) is 9.59 Å². The maximum absolute atomic E-state index is 12.8. The Bertz CT molecular complexity index is 1080. The summed E-state index contributed by atoms with van der Waals surface area (Å²) in [6.45, 7) is 1.07. The third-order valence-electron chi connectivity index (χ3n) is 5.24. The molecule has 0 saturated heterocycles. The van der Waals surface area contributed by atoms with Gasteiger partial charge in [0.25, 0.3) is 11.8 Å². The van der Waals surface area contributed by atoms with Gasteiger partial charge < -0.3 is 19.7 Å². The molecule has 6 heteroatoms. The Kier molecular flexibility index (Phi) is 6.17. The second kappa shape index (κ2) is 9.34. The van der Waals surface area contributed by atoms with Crippen molar-refractivity contribution in [1.82, 2.24) is 4.90 Å². The van der Waals surface area contributed by atoms with Gasteiger partial charge in [-0.25, -0.2) is 0 Å². The average molecular weight is 416 g/mol. The Morgan fingerprint density at radius 2 is 1.68 bits per heavy atom. The molecule has 0 saturated carbocycles. The SMILES string of the molecule is COc1ccccc1OCC(=O)Nc1ccc2c(c1)CN(C(=O)c1ccccc1)CC2. The molecule has 0 aliphatic carbocycles. The lowest BCUT2D eigenvalue weighted by Gasteiger charge is -2.29. The fraction of sp³-hybridized carbons (Fsp3) is 0.200. The minimum atomic E-state index is -0.265. The number of fused-ring (bicyclic) bond motifs is 1. The summed E-state index contributed by atoms with van der Waals surface area (Å²) in [4.78, 5) is 27.0. The number of carbonyl (C=O) groups excluding carboxylic acids is 2. The second-order valence-corrected chi connectivity index (χ2v) is 7.31. The number of methoxy groups -OCH3 is 1. The van der Waals surface area contributed by atoms with E-state index in [1.807, 2.05) is 65.6 Å². The maximum atomic E-state index is 12.8. The molecule has 0 spiro atoms. The molecule has 31 heavy (non-hydrogen) atoms. The molecule has 2 amide bonds. The van der Waals surface area contributed by atoms with Crippen LogP contribution >= 0.6 is 0 Å². The summed E-state index contributed by atoms with van der Waals surface area (Å²) >= 11 is 0. The first-order chi connectivity index (χ1) is 15.1. The molecule has 4 rings (SSSR count). The number of rotatable bonds is 6. The number of benzene rings is 3. The van der Waals surface area contributed by atoms with E-state index in [0.717, 1.165) is 12.0 Å². The number of carbonyl (C=O) groups is 2. The number of amides is 2. The summed E-state index contributed by atoms with van der Waals surface area (Å²) in [5.41, 5.74) is 3.60. The van der Waals surface area contributed by atoms with Gasteiger partial charge in [-0.1, -0.05) is 36.4 Å². The minimum Gasteiger partial charge on any atom is -0.493 e. The van der Waals surface area contributed by atoms with Crippen LogP contribution in [0.4, 0.5) is 5.69 Å². The Morgan fingerprint density at radius 3 is 2.45 bits per heavy atom. The predicted octanol–water partition coefficient (Wildman–Crippen LogP) is 3.91. The summed E-state index contributed by atoms with van der Waals surface area (Å²) in [6, 6.07) is 22.3. The van der Waals surface area contributed by atoms with Crippen LogP contribution in [0.1, 0.15) is 21.5 Å². The summed E-state index contributed by atoms with van der Waals surface area (Å²) in [5.74, 6) is 0.845. The Hall–Kier alpha value is -3.80. The van der Waals surface area contributed by atoms with Crippen molar-refractivity contribution >= 4 is 17.5 Å². The number of hydrogen-bond acceptors (Lipinski definition) is 4. The van der Waals surface area contributed by atoms with Crippen molar-refractivity contribution in [2.75, 3.05) is 25.6 Å². The van der Waals surface area contributed by atoms with Gasteiger partial charge in [0.15, 0.2) is 18.1 Å². The molecule has 1 heterocycles. The van der Waals surface area contributed by atoms with Crippen molar-refractivity contribution < 1.29 is 19.1 Å². The van der Waals surface area contributed by atoms with Crippen LogP contribution in [0.2, 0.25) is 0 Å². The molecule has 3 aromatic rings. The van der Waals surface area contributed by atoms with Gasteiger partial charge in [0.1, 0.15) is 0 Å². The molecule has 1 aliphatic heterocycles. The fourth-order valence-electron chi connectivity index (χ4n) is 3.65. The van der Waals surface area contributed by atoms with E-state index in [-0.39, 0.29) is 18.4 Å². The molecule has 0 unspecified atom stereocenters. The smallest absolute Gasteiger partial charge is 0.262 e. The van der Waals surface area contributed by atoms with Gasteiger partial charge in [-0.2, -0.15) is 0 Å². The van der Waals surface area contributed by atoms with Gasteiger partial charge in [0.2, 0.25) is 0 Å². The maximum Gasteiger partial charge on any atom is 0.262 e. The lowest BCUT2D eigenvalue weighted by atomic mass is 9.98. The van der Waals surface area contributed by atoms with Gasteiger partial charge in [0.05, 0.1) is 7.11 Å². The average Bonchev–Trinajstić information content (AvgIpc) is 2.82. The third-order valence-corrected chi connectivity index (χ3v) is 5.24. The molecular weight excluding hydrogens is 392 g/mol. The lowest BCUT2D eigenvalue weighted by Crippen LogP contribution is -2.36. The molecule has 1 N–H and O–H groups in total. The molecule has 0 fully saturated rings. The summed E-state index contributed by atoms with van der Waals surface area (Å²) < 4.78 is 10.8. The van der Waals surface area contributed by atoms with Crippen molar-refractivity contribution in [3.63, 3.8) is 0 Å². The Labute approximate surface area is 181 Å². The van der Waals surface area contributed by atoms with Gasteiger partial charge in [0, 0.05) is 24.3 Å². The van der Waals surface area contributed by atoms with Crippen LogP contribution in [-0.4, -0.2) is 37.0 Å². The van der Waals surface area contributed by atoms with Gasteiger partial charge >= 0.3 is 0 Å². The highest BCUT2D eigenvalue weighted by Gasteiger charge is 2.22. The molecule has 3 aromatic carbocycles. The van der Waals surface area contributed by atoms with E-state index in [0.29, 0.717) is 35.8 Å². The van der Waals surface area contributed by atoms with E-state index in [2.05, 4.69) is 5.32 Å². The molecule has 158 valence electrons. The van der Waals surface area contributed by atoms with Crippen LogP contribution in [0.25, 0.3) is 0 Å². The van der Waals surface area contributed by atoms with Gasteiger partial charge in [-0.15, -0.1) is 0 Å². The highest BCUT2D eigenvalue weighted by atomic mass is 16.5. The summed E-state index contributed by atoms with van der Waals surface area (Å²) in [6.07, 6.45) is 0.791. The third kappa shape index (κ3) is 4.86. The summed E-state index contributed by atoms with van der Waals surface area (Å²) in [5, 5.41) is 2.87. The minimum absolute atomic E-state index is 0.0193. The van der Waals surface area contributed by atoms with E-state index < -0.39 is 0 Å². The van der Waals surface area contributed by atoms with Crippen molar-refractivity contribution in [2.24, 2.45) is 0 Å². The topological polar surface area (TPSA) is 67.9 Å². The number of para-hydroxylation sites is 2. The number of ether oxygens (including phenoxy) is 2. The van der Waals surface area contributed by atoms with Crippen LogP contribution in [-0.2, 0) is 17.8 Å². The zero-order chi connectivity index (χ0) is 21.6. The molecule has 6 nitrogen and oxygen atoms in total. The first kappa shape index (κ1) is 20.5. The van der Waals surface area contributed by atoms with Crippen LogP contribution < -0.4 is 14.8 Å². The van der Waals surface area contributed by atoms with Crippen LogP contribution in [0.3, 0.4) is 0 Å². The summed E-state index contributed by atoms with van der Waals surface area (Å²) in [7, 11) is 1.56. The monoisotopic (exact) mass is 416 g/mol. The Balaban J connectivity index is 1.39. The Morgan fingerprint density at radius 1 is 0.935 bits per heavy atom. The molecule has 0 atom stereocenters. The predicted molar refractivity (Wildman–Crippen MR) is 118 cm³/mol. The van der Waals surface area contributed by atoms with Crippen molar-refractivity contribution in [3.05, 3.63) is 89.5 Å². The molecule has 0 aromatic heterocycles. The molecule has 1 aliphatic rings. The standard InChI is InChI=1S/C25H24N2O4/c1-30-22-9-5-6-10-23(22)31-17-24(28)26-21-12-11-18-13-14-27(16-20(18)15-21)25(29)19-7-3-2-4-8-19/h2-12,15H,13-14,16-17H2,1H3,(H,26,28). The molecule has 0 radical (unpaired) electrons. The highest BCUT2D eigenvalue weighted by Crippen LogP contribution is 2.26. The normalized spacial score (nSPS) is 12.6. The fourth-order valence-corrected chi connectivity index (χ4v) is 3.65. The van der Waals surface area contributed by atoms with Crippen molar-refractivity contribution in [3.8, 4) is 11.5 Å². The largest absolute Gasteiger partial charge is 0.493 e. The number of anilines is 1. The quantitative estimate of drug-likeness (QED) is 0.662. The first-order valence-electron chi connectivity index (χ1n) is 10.2. The van der Waals surface area contributed by atoms with E-state index in [9.17, 15) is 9.59 Å². The first-order valence-corrected chi connectivity index (χ1v) is 10.2. The van der Waals surface area contributed by atoms with E-state index >= 15 is 0 Å².